The van der Waals surface area contributed by atoms with E-state index in [1.807, 2.05) is 0 Å². The first kappa shape index (κ1) is 20.5. The summed E-state index contributed by atoms with van der Waals surface area (Å²) in [6.07, 6.45) is 1.55. The molecule has 160 valence electrons. The van der Waals surface area contributed by atoms with Crippen LogP contribution in [0, 0.1) is 10.1 Å². The quantitative estimate of drug-likeness (QED) is 0.410. The number of anilines is 1. The molecule has 0 radical (unpaired) electrons. The number of ether oxygens (including phenoxy) is 2. The Morgan fingerprint density at radius 1 is 1.19 bits per heavy atom. The number of nitro groups is 1. The second-order valence-electron chi connectivity index (χ2n) is 7.18. The lowest BCUT2D eigenvalue weighted by molar-refractivity contribution is -0.385. The Balaban J connectivity index is 1.40. The molecule has 4 rings (SSSR count). The maximum Gasteiger partial charge on any atom is 0.310 e. The van der Waals surface area contributed by atoms with E-state index in [1.54, 1.807) is 6.07 Å². The topological polar surface area (TPSA) is 128 Å². The molecule has 0 saturated carbocycles. The first-order valence-corrected chi connectivity index (χ1v) is 9.72. The molecule has 1 fully saturated rings. The summed E-state index contributed by atoms with van der Waals surface area (Å²) in [7, 11) is 0. The molecule has 0 bridgehead atoms. The summed E-state index contributed by atoms with van der Waals surface area (Å²) in [5.74, 6) is -1.40. The van der Waals surface area contributed by atoms with E-state index in [-0.39, 0.29) is 41.1 Å². The van der Waals surface area contributed by atoms with Gasteiger partial charge < -0.3 is 14.8 Å². The van der Waals surface area contributed by atoms with Gasteiger partial charge in [-0.25, -0.2) is 0 Å². The van der Waals surface area contributed by atoms with Crippen LogP contribution in [0.2, 0.25) is 0 Å². The van der Waals surface area contributed by atoms with Crippen molar-refractivity contribution in [3.63, 3.8) is 0 Å². The highest BCUT2D eigenvalue weighted by molar-refractivity contribution is 6.21. The van der Waals surface area contributed by atoms with Crippen molar-refractivity contribution in [2.75, 3.05) is 25.1 Å². The fourth-order valence-corrected chi connectivity index (χ4v) is 3.60. The number of carbonyl (C=O) groups excluding carboxylic acids is 3. The molecule has 1 atom stereocenters. The SMILES string of the molecule is O=C(COc1ccccc1[N+](=O)[O-])Nc1ccc2c(c1)C(=O)N(CC1CCCO1)C2=O. The molecule has 0 spiro atoms. The van der Waals surface area contributed by atoms with Crippen LogP contribution in [0.4, 0.5) is 11.4 Å². The van der Waals surface area contributed by atoms with Crippen LogP contribution in [0.25, 0.3) is 0 Å². The van der Waals surface area contributed by atoms with Crippen LogP contribution >= 0.6 is 0 Å². The number of hydrogen-bond acceptors (Lipinski definition) is 7. The lowest BCUT2D eigenvalue weighted by Gasteiger charge is -2.17. The third-order valence-corrected chi connectivity index (χ3v) is 5.09. The lowest BCUT2D eigenvalue weighted by atomic mass is 10.1. The van der Waals surface area contributed by atoms with E-state index < -0.39 is 23.3 Å². The van der Waals surface area contributed by atoms with Crippen molar-refractivity contribution in [3.8, 4) is 5.75 Å². The molecule has 1 N–H and O–H groups in total. The number of carbonyl (C=O) groups is 3. The highest BCUT2D eigenvalue weighted by Crippen LogP contribution is 2.28. The summed E-state index contributed by atoms with van der Waals surface area (Å²) >= 11 is 0. The Hall–Kier alpha value is -3.79. The van der Waals surface area contributed by atoms with Crippen LogP contribution in [0.5, 0.6) is 5.75 Å². The van der Waals surface area contributed by atoms with Crippen LogP contribution in [0.1, 0.15) is 33.6 Å². The van der Waals surface area contributed by atoms with Gasteiger partial charge in [0.05, 0.1) is 28.7 Å². The molecule has 1 saturated heterocycles. The highest BCUT2D eigenvalue weighted by atomic mass is 16.6. The van der Waals surface area contributed by atoms with Gasteiger partial charge in [-0.2, -0.15) is 0 Å². The Morgan fingerprint density at radius 3 is 2.71 bits per heavy atom. The maximum atomic E-state index is 12.7. The largest absolute Gasteiger partial charge is 0.477 e. The Bertz CT molecular complexity index is 1060. The summed E-state index contributed by atoms with van der Waals surface area (Å²) in [5.41, 5.74) is 0.552. The first-order valence-electron chi connectivity index (χ1n) is 9.72. The van der Waals surface area contributed by atoms with Crippen LogP contribution in [-0.4, -0.2) is 53.4 Å². The van der Waals surface area contributed by atoms with E-state index in [0.29, 0.717) is 12.3 Å². The minimum absolute atomic E-state index is 0.0258. The van der Waals surface area contributed by atoms with Crippen LogP contribution < -0.4 is 10.1 Å². The number of imide groups is 1. The number of benzene rings is 2. The van der Waals surface area contributed by atoms with Gasteiger partial charge in [0.15, 0.2) is 12.4 Å². The van der Waals surface area contributed by atoms with E-state index >= 15 is 0 Å². The molecule has 0 aliphatic carbocycles. The zero-order valence-corrected chi connectivity index (χ0v) is 16.4. The van der Waals surface area contributed by atoms with Gasteiger partial charge >= 0.3 is 5.69 Å². The van der Waals surface area contributed by atoms with Crippen LogP contribution in [-0.2, 0) is 9.53 Å². The average Bonchev–Trinajstić information content (AvgIpc) is 3.35. The monoisotopic (exact) mass is 425 g/mol. The normalized spacial score (nSPS) is 17.5. The van der Waals surface area contributed by atoms with Crippen molar-refractivity contribution in [1.29, 1.82) is 0 Å². The molecule has 2 aliphatic heterocycles. The molecule has 2 heterocycles. The summed E-state index contributed by atoms with van der Waals surface area (Å²) in [5, 5.41) is 13.6. The first-order chi connectivity index (χ1) is 14.9. The number of nitrogens with zero attached hydrogens (tertiary/aromatic N) is 2. The van der Waals surface area contributed by atoms with E-state index in [9.17, 15) is 24.5 Å². The second kappa shape index (κ2) is 8.52. The molecule has 10 nitrogen and oxygen atoms in total. The van der Waals surface area contributed by atoms with E-state index in [0.717, 1.165) is 12.8 Å². The van der Waals surface area contributed by atoms with Crippen LogP contribution in [0.15, 0.2) is 42.5 Å². The predicted molar refractivity (Wildman–Crippen MR) is 108 cm³/mol. The summed E-state index contributed by atoms with van der Waals surface area (Å²) < 4.78 is 10.8. The van der Waals surface area contributed by atoms with Crippen molar-refractivity contribution >= 4 is 29.1 Å². The molecular weight excluding hydrogens is 406 g/mol. The number of amides is 3. The molecule has 31 heavy (non-hydrogen) atoms. The molecule has 10 heteroatoms. The summed E-state index contributed by atoms with van der Waals surface area (Å²) in [6.45, 7) is 0.371. The highest BCUT2D eigenvalue weighted by Gasteiger charge is 2.37. The standard InChI is InChI=1S/C21H19N3O7/c25-19(12-31-18-6-2-1-5-17(18)24(28)29)22-13-7-8-15-16(10-13)21(27)23(20(15)26)11-14-4-3-9-30-14/h1-2,5-8,10,14H,3-4,9,11-12H2,(H,22,25). The third kappa shape index (κ3) is 4.24. The van der Waals surface area contributed by atoms with E-state index in [1.165, 1.54) is 41.3 Å². The number of rotatable bonds is 7. The van der Waals surface area contributed by atoms with E-state index in [4.69, 9.17) is 9.47 Å². The molecular formula is C21H19N3O7. The van der Waals surface area contributed by atoms with Gasteiger partial charge in [-0.3, -0.25) is 29.4 Å². The van der Waals surface area contributed by atoms with Gasteiger partial charge in [-0.15, -0.1) is 0 Å². The van der Waals surface area contributed by atoms with E-state index in [2.05, 4.69) is 5.32 Å². The number of nitro benzene ring substituents is 1. The molecule has 3 amide bonds. The Morgan fingerprint density at radius 2 is 1.97 bits per heavy atom. The van der Waals surface area contributed by atoms with Crippen LogP contribution in [0.3, 0.4) is 0 Å². The number of para-hydroxylation sites is 2. The minimum atomic E-state index is -0.598. The second-order valence-corrected chi connectivity index (χ2v) is 7.18. The van der Waals surface area contributed by atoms with Crippen molar-refractivity contribution in [2.24, 2.45) is 0 Å². The molecule has 0 aromatic heterocycles. The van der Waals surface area contributed by atoms with Gasteiger partial charge in [0.1, 0.15) is 0 Å². The molecule has 2 aliphatic rings. The van der Waals surface area contributed by atoms with Crippen molar-refractivity contribution in [3.05, 3.63) is 63.7 Å². The zero-order chi connectivity index (χ0) is 22.0. The van der Waals surface area contributed by atoms with Gasteiger partial charge in [-0.1, -0.05) is 12.1 Å². The fraction of sp³-hybridized carbons (Fsp3) is 0.286. The van der Waals surface area contributed by atoms with Gasteiger partial charge in [0.25, 0.3) is 17.7 Å². The number of fused-ring (bicyclic) bond motifs is 1. The summed E-state index contributed by atoms with van der Waals surface area (Å²) in [6, 6.07) is 10.2. The maximum absolute atomic E-state index is 12.7. The van der Waals surface area contributed by atoms with Gasteiger partial charge in [0.2, 0.25) is 0 Å². The third-order valence-electron chi connectivity index (χ3n) is 5.09. The van der Waals surface area contributed by atoms with Crippen molar-refractivity contribution in [2.45, 2.75) is 18.9 Å². The molecule has 2 aromatic rings. The number of hydrogen-bond donors (Lipinski definition) is 1. The van der Waals surface area contributed by atoms with Crippen molar-refractivity contribution < 1.29 is 28.8 Å². The zero-order valence-electron chi connectivity index (χ0n) is 16.4. The summed E-state index contributed by atoms with van der Waals surface area (Å²) in [4.78, 5) is 49.1. The predicted octanol–water partition coefficient (Wildman–Crippen LogP) is 2.39. The number of nitrogens with one attached hydrogen (secondary N) is 1. The average molecular weight is 425 g/mol. The van der Waals surface area contributed by atoms with Crippen molar-refractivity contribution in [1.82, 2.24) is 4.90 Å². The van der Waals surface area contributed by atoms with Gasteiger partial charge in [-0.05, 0) is 37.1 Å². The lowest BCUT2D eigenvalue weighted by Crippen LogP contribution is -2.36. The Kier molecular flexibility index (Phi) is 5.63. The Labute approximate surface area is 176 Å². The molecule has 1 unspecified atom stereocenters. The fourth-order valence-electron chi connectivity index (χ4n) is 3.60. The van der Waals surface area contributed by atoms with Gasteiger partial charge in [0, 0.05) is 18.4 Å². The molecule has 2 aromatic carbocycles. The smallest absolute Gasteiger partial charge is 0.310 e. The minimum Gasteiger partial charge on any atom is -0.477 e.